The van der Waals surface area contributed by atoms with Crippen molar-refractivity contribution in [2.75, 3.05) is 5.32 Å². The van der Waals surface area contributed by atoms with Crippen LogP contribution in [0.1, 0.15) is 25.0 Å². The van der Waals surface area contributed by atoms with Gasteiger partial charge in [-0.15, -0.1) is 0 Å². The predicted molar refractivity (Wildman–Crippen MR) is 81.6 cm³/mol. The molecule has 0 bridgehead atoms. The highest BCUT2D eigenvalue weighted by molar-refractivity contribution is 9.10. The number of esters is 2. The Bertz CT molecular complexity index is 604. The summed E-state index contributed by atoms with van der Waals surface area (Å²) in [5, 5.41) is 2.98. The van der Waals surface area contributed by atoms with Gasteiger partial charge in [0.2, 0.25) is 0 Å². The molecule has 1 heterocycles. The summed E-state index contributed by atoms with van der Waals surface area (Å²) in [6.07, 6.45) is 1.32. The number of ether oxygens (including phenoxy) is 2. The lowest BCUT2D eigenvalue weighted by Crippen LogP contribution is -2.42. The van der Waals surface area contributed by atoms with Crippen LogP contribution in [0.4, 0.5) is 5.69 Å². The Morgan fingerprint density at radius 2 is 1.57 bits per heavy atom. The number of cyclic esters (lactones) is 2. The van der Waals surface area contributed by atoms with Crippen molar-refractivity contribution >= 4 is 33.6 Å². The first-order valence-corrected chi connectivity index (χ1v) is 7.19. The Morgan fingerprint density at radius 1 is 1.10 bits per heavy atom. The van der Waals surface area contributed by atoms with Crippen LogP contribution in [0.15, 0.2) is 28.4 Å². The highest BCUT2D eigenvalue weighted by Gasteiger charge is 2.38. The van der Waals surface area contributed by atoms with E-state index in [0.717, 1.165) is 21.3 Å². The molecule has 0 aliphatic carbocycles. The fraction of sp³-hybridized carbons (Fsp3) is 0.333. The average Bonchev–Trinajstić information content (AvgIpc) is 2.29. The molecule has 1 N–H and O–H groups in total. The van der Waals surface area contributed by atoms with Crippen molar-refractivity contribution < 1.29 is 19.1 Å². The van der Waals surface area contributed by atoms with E-state index in [0.29, 0.717) is 0 Å². The van der Waals surface area contributed by atoms with E-state index in [4.69, 9.17) is 9.47 Å². The summed E-state index contributed by atoms with van der Waals surface area (Å²) in [7, 11) is 0. The fourth-order valence-corrected chi connectivity index (χ4v) is 2.75. The lowest BCUT2D eigenvalue weighted by Gasteiger charge is -2.29. The van der Waals surface area contributed by atoms with Crippen molar-refractivity contribution in [1.29, 1.82) is 0 Å². The van der Waals surface area contributed by atoms with Gasteiger partial charge < -0.3 is 14.8 Å². The second-order valence-electron chi connectivity index (χ2n) is 5.30. The summed E-state index contributed by atoms with van der Waals surface area (Å²) in [5.74, 6) is -2.62. The van der Waals surface area contributed by atoms with Crippen molar-refractivity contribution in [2.45, 2.75) is 33.5 Å². The molecule has 21 heavy (non-hydrogen) atoms. The molecule has 6 heteroatoms. The van der Waals surface area contributed by atoms with Crippen LogP contribution < -0.4 is 5.32 Å². The number of benzene rings is 1. The minimum absolute atomic E-state index is 0.156. The van der Waals surface area contributed by atoms with Gasteiger partial charge in [0.25, 0.3) is 5.79 Å². The molecule has 0 atom stereocenters. The third-order valence-electron chi connectivity index (χ3n) is 2.98. The van der Waals surface area contributed by atoms with Crippen LogP contribution in [0.5, 0.6) is 0 Å². The smallest absolute Gasteiger partial charge is 0.350 e. The van der Waals surface area contributed by atoms with Crippen LogP contribution in [0.2, 0.25) is 0 Å². The number of carbonyl (C=O) groups excluding carboxylic acids is 2. The van der Waals surface area contributed by atoms with Gasteiger partial charge in [0.15, 0.2) is 5.57 Å². The number of carbonyl (C=O) groups is 2. The summed E-state index contributed by atoms with van der Waals surface area (Å²) < 4.78 is 11.0. The number of anilines is 1. The zero-order chi connectivity index (χ0) is 15.8. The van der Waals surface area contributed by atoms with E-state index in [9.17, 15) is 9.59 Å². The van der Waals surface area contributed by atoms with Gasteiger partial charge in [0.1, 0.15) is 0 Å². The van der Waals surface area contributed by atoms with E-state index in [1.54, 1.807) is 0 Å². The maximum atomic E-state index is 11.8. The normalized spacial score (nSPS) is 17.1. The summed E-state index contributed by atoms with van der Waals surface area (Å²) in [6.45, 7) is 6.88. The highest BCUT2D eigenvalue weighted by atomic mass is 79.9. The van der Waals surface area contributed by atoms with Crippen molar-refractivity contribution in [3.63, 3.8) is 0 Å². The zero-order valence-electron chi connectivity index (χ0n) is 12.2. The second kappa shape index (κ2) is 5.52. The molecule has 1 aromatic rings. The van der Waals surface area contributed by atoms with Gasteiger partial charge in [-0.25, -0.2) is 9.59 Å². The quantitative estimate of drug-likeness (QED) is 0.502. The van der Waals surface area contributed by atoms with Crippen LogP contribution in [0, 0.1) is 13.8 Å². The van der Waals surface area contributed by atoms with Gasteiger partial charge in [0.05, 0.1) is 0 Å². The van der Waals surface area contributed by atoms with Crippen LogP contribution in [-0.2, 0) is 19.1 Å². The number of nitrogens with one attached hydrogen (secondary N) is 1. The summed E-state index contributed by atoms with van der Waals surface area (Å²) >= 11 is 3.41. The Balaban J connectivity index is 2.26. The topological polar surface area (TPSA) is 64.6 Å². The monoisotopic (exact) mass is 353 g/mol. The molecule has 0 spiro atoms. The molecule has 112 valence electrons. The lowest BCUT2D eigenvalue weighted by atomic mass is 10.1. The van der Waals surface area contributed by atoms with Crippen LogP contribution >= 0.6 is 15.9 Å². The van der Waals surface area contributed by atoms with Crippen molar-refractivity contribution in [1.82, 2.24) is 0 Å². The molecule has 5 nitrogen and oxygen atoms in total. The second-order valence-corrected chi connectivity index (χ2v) is 6.21. The number of rotatable bonds is 2. The largest absolute Gasteiger partial charge is 0.419 e. The molecule has 0 unspecified atom stereocenters. The van der Waals surface area contributed by atoms with Crippen LogP contribution in [0.3, 0.4) is 0 Å². The maximum absolute atomic E-state index is 11.8. The van der Waals surface area contributed by atoms with Gasteiger partial charge in [-0.2, -0.15) is 0 Å². The Kier molecular flexibility index (Phi) is 4.09. The highest BCUT2D eigenvalue weighted by Crippen LogP contribution is 2.26. The summed E-state index contributed by atoms with van der Waals surface area (Å²) in [5.41, 5.74) is 2.64. The molecule has 1 saturated heterocycles. The van der Waals surface area contributed by atoms with Gasteiger partial charge >= 0.3 is 11.9 Å². The molecule has 1 aliphatic rings. The van der Waals surface area contributed by atoms with E-state index in [-0.39, 0.29) is 5.57 Å². The minimum atomic E-state index is -1.23. The van der Waals surface area contributed by atoms with Gasteiger partial charge in [-0.3, -0.25) is 0 Å². The summed E-state index contributed by atoms with van der Waals surface area (Å²) in [6, 6.07) is 3.88. The summed E-state index contributed by atoms with van der Waals surface area (Å²) in [4.78, 5) is 23.7. The van der Waals surface area contributed by atoms with E-state index < -0.39 is 17.7 Å². The average molecular weight is 354 g/mol. The van der Waals surface area contributed by atoms with Crippen molar-refractivity contribution in [2.24, 2.45) is 0 Å². The number of halogens is 1. The maximum Gasteiger partial charge on any atom is 0.350 e. The molecule has 0 radical (unpaired) electrons. The van der Waals surface area contributed by atoms with Crippen LogP contribution in [0.25, 0.3) is 0 Å². The minimum Gasteiger partial charge on any atom is -0.419 e. The predicted octanol–water partition coefficient (Wildman–Crippen LogP) is 3.20. The van der Waals surface area contributed by atoms with Crippen molar-refractivity contribution in [3.05, 3.63) is 39.5 Å². The Hall–Kier alpha value is -1.82. The molecule has 0 amide bonds. The third kappa shape index (κ3) is 3.44. The molecule has 0 aromatic heterocycles. The van der Waals surface area contributed by atoms with E-state index in [1.807, 2.05) is 26.0 Å². The molecule has 2 rings (SSSR count). The molecule has 1 fully saturated rings. The van der Waals surface area contributed by atoms with Crippen molar-refractivity contribution in [3.8, 4) is 0 Å². The third-order valence-corrected chi connectivity index (χ3v) is 3.43. The first-order chi connectivity index (χ1) is 9.69. The molecule has 0 saturated carbocycles. The van der Waals surface area contributed by atoms with Gasteiger partial charge in [0, 0.05) is 30.2 Å². The number of aryl methyl sites for hydroxylation is 2. The molecular weight excluding hydrogens is 338 g/mol. The molecule has 1 aliphatic heterocycles. The van der Waals surface area contributed by atoms with Gasteiger partial charge in [-0.1, -0.05) is 15.9 Å². The number of hydrogen-bond donors (Lipinski definition) is 1. The van der Waals surface area contributed by atoms with E-state index in [2.05, 4.69) is 21.2 Å². The Morgan fingerprint density at radius 3 is 2.05 bits per heavy atom. The van der Waals surface area contributed by atoms with E-state index >= 15 is 0 Å². The SMILES string of the molecule is Cc1cc(Br)cc(C)c1NC=C1C(=O)OC(C)(C)OC1=O. The molecule has 1 aromatic carbocycles. The standard InChI is InChI=1S/C15H16BrNO4/c1-8-5-10(16)6-9(2)12(8)17-7-11-13(18)20-15(3,4)21-14(11)19/h5-7,17H,1-4H3. The first kappa shape index (κ1) is 15.6. The Labute approximate surface area is 131 Å². The zero-order valence-corrected chi connectivity index (χ0v) is 13.8. The first-order valence-electron chi connectivity index (χ1n) is 6.40. The molecular formula is C15H16BrNO4. The fourth-order valence-electron chi connectivity index (χ4n) is 2.06. The van der Waals surface area contributed by atoms with Crippen LogP contribution in [-0.4, -0.2) is 17.7 Å². The van der Waals surface area contributed by atoms with Gasteiger partial charge in [-0.05, 0) is 37.1 Å². The van der Waals surface area contributed by atoms with E-state index in [1.165, 1.54) is 20.0 Å². The number of hydrogen-bond acceptors (Lipinski definition) is 5. The lowest BCUT2D eigenvalue weighted by molar-refractivity contribution is -0.222.